The fourth-order valence-electron chi connectivity index (χ4n) is 2.24. The third-order valence-electron chi connectivity index (χ3n) is 3.42. The first kappa shape index (κ1) is 20.3. The van der Waals surface area contributed by atoms with Gasteiger partial charge in [-0.3, -0.25) is 9.69 Å². The first-order chi connectivity index (χ1) is 7.45. The molecule has 1 rings (SSSR count). The van der Waals surface area contributed by atoms with Gasteiger partial charge in [0.2, 0.25) is 5.91 Å². The van der Waals surface area contributed by atoms with Crippen LogP contribution in [0.2, 0.25) is 0 Å². The van der Waals surface area contributed by atoms with Gasteiger partial charge in [-0.1, -0.05) is 6.92 Å². The van der Waals surface area contributed by atoms with Crippen molar-refractivity contribution in [3.05, 3.63) is 0 Å². The summed E-state index contributed by atoms with van der Waals surface area (Å²) < 4.78 is 0. The minimum absolute atomic E-state index is 0. The van der Waals surface area contributed by atoms with Crippen molar-refractivity contribution in [3.63, 3.8) is 0 Å². The molecule has 4 nitrogen and oxygen atoms in total. The topological polar surface area (TPSA) is 58.4 Å². The summed E-state index contributed by atoms with van der Waals surface area (Å²) in [6.45, 7) is 9.67. The summed E-state index contributed by atoms with van der Waals surface area (Å²) >= 11 is 0. The molecular formula is C12H27Cl2N3O. The monoisotopic (exact) mass is 299 g/mol. The van der Waals surface area contributed by atoms with E-state index in [0.717, 1.165) is 19.0 Å². The maximum absolute atomic E-state index is 11.2. The lowest BCUT2D eigenvalue weighted by Crippen LogP contribution is -2.55. The molecule has 1 saturated heterocycles. The molecule has 0 saturated carbocycles. The molecule has 18 heavy (non-hydrogen) atoms. The van der Waals surface area contributed by atoms with Crippen LogP contribution >= 0.6 is 24.8 Å². The normalized spacial score (nSPS) is 20.6. The zero-order chi connectivity index (χ0) is 12.2. The summed E-state index contributed by atoms with van der Waals surface area (Å²) in [7, 11) is 0. The molecule has 0 spiro atoms. The van der Waals surface area contributed by atoms with Crippen LogP contribution in [0.3, 0.4) is 0 Å². The van der Waals surface area contributed by atoms with Crippen molar-refractivity contribution in [2.75, 3.05) is 26.2 Å². The fourth-order valence-corrected chi connectivity index (χ4v) is 2.24. The minimum atomic E-state index is -0.0712. The molecule has 0 aliphatic carbocycles. The lowest BCUT2D eigenvalue weighted by Gasteiger charge is -2.43. The summed E-state index contributed by atoms with van der Waals surface area (Å²) in [5, 5.41) is 2.88. The minimum Gasteiger partial charge on any atom is -0.353 e. The van der Waals surface area contributed by atoms with E-state index in [-0.39, 0.29) is 42.8 Å². The first-order valence-corrected chi connectivity index (χ1v) is 6.17. The number of hydrogen-bond acceptors (Lipinski definition) is 3. The van der Waals surface area contributed by atoms with Gasteiger partial charge >= 0.3 is 0 Å². The maximum atomic E-state index is 11.2. The van der Waals surface area contributed by atoms with Gasteiger partial charge in [-0.25, -0.2) is 0 Å². The third-order valence-corrected chi connectivity index (χ3v) is 3.42. The molecule has 1 amide bonds. The Morgan fingerprint density at radius 1 is 1.44 bits per heavy atom. The second-order valence-electron chi connectivity index (χ2n) is 5.49. The molecule has 1 unspecified atom stereocenters. The molecule has 110 valence electrons. The largest absolute Gasteiger partial charge is 0.353 e. The third kappa shape index (κ3) is 6.23. The van der Waals surface area contributed by atoms with Crippen molar-refractivity contribution >= 4 is 30.7 Å². The Balaban J connectivity index is 0. The molecule has 1 fully saturated rings. The highest BCUT2D eigenvalue weighted by Gasteiger charge is 2.30. The zero-order valence-electron chi connectivity index (χ0n) is 11.6. The van der Waals surface area contributed by atoms with Crippen LogP contribution in [0, 0.1) is 5.92 Å². The van der Waals surface area contributed by atoms with Crippen LogP contribution in [0.1, 0.15) is 33.6 Å². The van der Waals surface area contributed by atoms with Crippen LogP contribution in [-0.2, 0) is 4.79 Å². The summed E-state index contributed by atoms with van der Waals surface area (Å²) in [5.41, 5.74) is 5.30. The SMILES string of the molecule is CC1CCCN(C(C)(C)CNC(=O)CN)C1.Cl.Cl. The standard InChI is InChI=1S/C12H25N3O.2ClH/c1-10-5-4-6-15(8-10)12(2,3)9-14-11(16)7-13;;/h10H,4-9,13H2,1-3H3,(H,14,16);2*1H. The van der Waals surface area contributed by atoms with Gasteiger partial charge in [-0.2, -0.15) is 0 Å². The molecule has 1 heterocycles. The van der Waals surface area contributed by atoms with Crippen LogP contribution in [0.15, 0.2) is 0 Å². The highest BCUT2D eigenvalue weighted by atomic mass is 35.5. The molecule has 0 aromatic rings. The Labute approximate surface area is 123 Å². The molecule has 0 aromatic heterocycles. The van der Waals surface area contributed by atoms with Gasteiger partial charge in [-0.15, -0.1) is 24.8 Å². The van der Waals surface area contributed by atoms with Gasteiger partial charge in [0.1, 0.15) is 0 Å². The van der Waals surface area contributed by atoms with E-state index in [2.05, 4.69) is 31.0 Å². The van der Waals surface area contributed by atoms with Crippen molar-refractivity contribution in [1.82, 2.24) is 10.2 Å². The Morgan fingerprint density at radius 2 is 2.06 bits per heavy atom. The van der Waals surface area contributed by atoms with E-state index in [9.17, 15) is 4.79 Å². The van der Waals surface area contributed by atoms with Crippen molar-refractivity contribution in [1.29, 1.82) is 0 Å². The molecule has 1 aliphatic rings. The highest BCUT2D eigenvalue weighted by Crippen LogP contribution is 2.23. The first-order valence-electron chi connectivity index (χ1n) is 6.17. The summed E-state index contributed by atoms with van der Waals surface area (Å²) in [6, 6.07) is 0. The van der Waals surface area contributed by atoms with E-state index in [4.69, 9.17) is 5.73 Å². The second-order valence-corrected chi connectivity index (χ2v) is 5.49. The number of carbonyl (C=O) groups is 1. The summed E-state index contributed by atoms with van der Waals surface area (Å²) in [6.07, 6.45) is 2.58. The van der Waals surface area contributed by atoms with Crippen molar-refractivity contribution in [3.8, 4) is 0 Å². The number of likely N-dealkylation sites (tertiary alicyclic amines) is 1. The molecule has 0 aromatic carbocycles. The molecule has 1 atom stereocenters. The van der Waals surface area contributed by atoms with E-state index in [1.54, 1.807) is 0 Å². The van der Waals surface area contributed by atoms with Crippen LogP contribution < -0.4 is 11.1 Å². The number of nitrogens with two attached hydrogens (primary N) is 1. The van der Waals surface area contributed by atoms with E-state index in [0.29, 0.717) is 6.54 Å². The van der Waals surface area contributed by atoms with Crippen LogP contribution in [0.25, 0.3) is 0 Å². The maximum Gasteiger partial charge on any atom is 0.233 e. The number of amides is 1. The number of rotatable bonds is 4. The highest BCUT2D eigenvalue weighted by molar-refractivity contribution is 5.85. The predicted molar refractivity (Wildman–Crippen MR) is 80.6 cm³/mol. The summed E-state index contributed by atoms with van der Waals surface area (Å²) in [4.78, 5) is 13.6. The number of nitrogens with one attached hydrogen (secondary N) is 1. The predicted octanol–water partition coefficient (Wildman–Crippen LogP) is 1.42. The second kappa shape index (κ2) is 8.97. The lowest BCUT2D eigenvalue weighted by molar-refractivity contribution is -0.120. The van der Waals surface area contributed by atoms with Gasteiger partial charge < -0.3 is 11.1 Å². The molecule has 0 radical (unpaired) electrons. The molecular weight excluding hydrogens is 273 g/mol. The van der Waals surface area contributed by atoms with Gasteiger partial charge in [0.25, 0.3) is 0 Å². The molecule has 3 N–H and O–H groups in total. The van der Waals surface area contributed by atoms with Crippen LogP contribution in [-0.4, -0.2) is 42.5 Å². The Morgan fingerprint density at radius 3 is 2.56 bits per heavy atom. The molecule has 0 bridgehead atoms. The Bertz CT molecular complexity index is 249. The zero-order valence-corrected chi connectivity index (χ0v) is 13.2. The van der Waals surface area contributed by atoms with Gasteiger partial charge in [0.05, 0.1) is 6.54 Å². The van der Waals surface area contributed by atoms with E-state index in [1.807, 2.05) is 0 Å². The average molecular weight is 300 g/mol. The van der Waals surface area contributed by atoms with Gasteiger partial charge in [0.15, 0.2) is 0 Å². The number of nitrogens with zero attached hydrogens (tertiary/aromatic N) is 1. The molecule has 1 aliphatic heterocycles. The number of piperidine rings is 1. The average Bonchev–Trinajstić information content (AvgIpc) is 2.26. The van der Waals surface area contributed by atoms with Gasteiger partial charge in [0, 0.05) is 18.6 Å². The number of halogens is 2. The van der Waals surface area contributed by atoms with Crippen molar-refractivity contribution in [2.45, 2.75) is 39.2 Å². The van der Waals surface area contributed by atoms with Crippen LogP contribution in [0.5, 0.6) is 0 Å². The Kier molecular flexibility index (Phi) is 10.1. The van der Waals surface area contributed by atoms with Crippen LogP contribution in [0.4, 0.5) is 0 Å². The smallest absolute Gasteiger partial charge is 0.233 e. The van der Waals surface area contributed by atoms with E-state index < -0.39 is 0 Å². The van der Waals surface area contributed by atoms with E-state index >= 15 is 0 Å². The summed E-state index contributed by atoms with van der Waals surface area (Å²) in [5.74, 6) is 0.691. The van der Waals surface area contributed by atoms with E-state index in [1.165, 1.54) is 12.8 Å². The fraction of sp³-hybridized carbons (Fsp3) is 0.917. The molecule has 6 heteroatoms. The van der Waals surface area contributed by atoms with Gasteiger partial charge in [-0.05, 0) is 39.2 Å². The van der Waals surface area contributed by atoms with Crippen molar-refractivity contribution in [2.24, 2.45) is 11.7 Å². The number of hydrogen-bond donors (Lipinski definition) is 2. The lowest BCUT2D eigenvalue weighted by atomic mass is 9.93. The van der Waals surface area contributed by atoms with Crippen molar-refractivity contribution < 1.29 is 4.79 Å². The number of carbonyl (C=O) groups excluding carboxylic acids is 1. The quantitative estimate of drug-likeness (QED) is 0.825. The Hall–Kier alpha value is -0.0300.